The molecule has 0 radical (unpaired) electrons. The van der Waals surface area contributed by atoms with E-state index in [1.54, 1.807) is 13.2 Å². The highest BCUT2D eigenvalue weighted by Gasteiger charge is 2.29. The average Bonchev–Trinajstić information content (AvgIpc) is 2.88. The van der Waals surface area contributed by atoms with Crippen LogP contribution in [0.5, 0.6) is 11.5 Å². The lowest BCUT2D eigenvalue weighted by atomic mass is 10.1. The minimum atomic E-state index is -0.195. The molecule has 0 amide bonds. The number of methoxy groups -OCH3 is 1. The first kappa shape index (κ1) is 16.0. The van der Waals surface area contributed by atoms with Gasteiger partial charge in [-0.2, -0.15) is 0 Å². The molecular weight excluding hydrogens is 319 g/mol. The quantitative estimate of drug-likeness (QED) is 0.710. The maximum atomic E-state index is 13.4. The van der Waals surface area contributed by atoms with Gasteiger partial charge in [0, 0.05) is 43.3 Å². The predicted molar refractivity (Wildman–Crippen MR) is 95.6 cm³/mol. The van der Waals surface area contributed by atoms with Crippen molar-refractivity contribution in [3.63, 3.8) is 0 Å². The monoisotopic (exact) mass is 340 g/mol. The Hall–Kier alpha value is -2.53. The molecule has 2 aromatic carbocycles. The molecular formula is C20H21FN2O2. The van der Waals surface area contributed by atoms with E-state index in [1.165, 1.54) is 11.8 Å². The average molecular weight is 340 g/mol. The number of benzene rings is 2. The van der Waals surface area contributed by atoms with Gasteiger partial charge in [-0.05, 0) is 36.4 Å². The van der Waals surface area contributed by atoms with Crippen LogP contribution in [0.2, 0.25) is 0 Å². The zero-order valence-corrected chi connectivity index (χ0v) is 14.4. The molecule has 2 heterocycles. The van der Waals surface area contributed by atoms with Gasteiger partial charge in [-0.1, -0.05) is 12.1 Å². The molecule has 3 aromatic rings. The van der Waals surface area contributed by atoms with Crippen LogP contribution >= 0.6 is 0 Å². The molecule has 0 saturated carbocycles. The van der Waals surface area contributed by atoms with Gasteiger partial charge in [0.2, 0.25) is 0 Å². The Bertz CT molecular complexity index is 900. The third-order valence-electron chi connectivity index (χ3n) is 4.78. The van der Waals surface area contributed by atoms with Crippen molar-refractivity contribution in [2.45, 2.75) is 12.6 Å². The van der Waals surface area contributed by atoms with Crippen LogP contribution in [0.3, 0.4) is 0 Å². The maximum absolute atomic E-state index is 13.4. The van der Waals surface area contributed by atoms with Gasteiger partial charge in [0.15, 0.2) is 11.5 Å². The van der Waals surface area contributed by atoms with Crippen molar-refractivity contribution in [1.29, 1.82) is 0 Å². The number of halogens is 1. The van der Waals surface area contributed by atoms with Crippen molar-refractivity contribution in [1.82, 2.24) is 9.47 Å². The molecule has 0 aliphatic carbocycles. The fourth-order valence-electron chi connectivity index (χ4n) is 3.38. The lowest BCUT2D eigenvalue weighted by molar-refractivity contribution is 0.0120. The minimum Gasteiger partial charge on any atom is -0.493 e. The van der Waals surface area contributed by atoms with E-state index in [4.69, 9.17) is 9.47 Å². The number of hydrogen-bond acceptors (Lipinski definition) is 3. The maximum Gasteiger partial charge on any atom is 0.161 e. The number of likely N-dealkylation sites (tertiary alicyclic amines) is 1. The van der Waals surface area contributed by atoms with E-state index in [0.29, 0.717) is 0 Å². The Morgan fingerprint density at radius 2 is 1.84 bits per heavy atom. The summed E-state index contributed by atoms with van der Waals surface area (Å²) in [6, 6.07) is 14.7. The van der Waals surface area contributed by atoms with E-state index >= 15 is 0 Å². The van der Waals surface area contributed by atoms with E-state index in [0.717, 1.165) is 42.0 Å². The van der Waals surface area contributed by atoms with Gasteiger partial charge in [-0.25, -0.2) is 4.39 Å². The van der Waals surface area contributed by atoms with Crippen LogP contribution in [0.25, 0.3) is 10.9 Å². The van der Waals surface area contributed by atoms with E-state index in [-0.39, 0.29) is 11.9 Å². The molecule has 1 aromatic heterocycles. The zero-order chi connectivity index (χ0) is 17.4. The van der Waals surface area contributed by atoms with E-state index in [2.05, 4.69) is 15.5 Å². The number of aryl methyl sites for hydroxylation is 1. The lowest BCUT2D eigenvalue weighted by Crippen LogP contribution is -2.53. The SMILES string of the molecule is COc1ccccc1OC1CN(Cc2cc3cc(F)ccc3n2C)C1. The van der Waals surface area contributed by atoms with Gasteiger partial charge in [0.25, 0.3) is 0 Å². The van der Waals surface area contributed by atoms with Crippen molar-refractivity contribution in [2.24, 2.45) is 7.05 Å². The van der Waals surface area contributed by atoms with E-state index < -0.39 is 0 Å². The molecule has 0 unspecified atom stereocenters. The van der Waals surface area contributed by atoms with Gasteiger partial charge >= 0.3 is 0 Å². The number of hydrogen-bond donors (Lipinski definition) is 0. The first-order valence-electron chi connectivity index (χ1n) is 8.40. The second-order valence-electron chi connectivity index (χ2n) is 6.48. The molecule has 130 valence electrons. The summed E-state index contributed by atoms with van der Waals surface area (Å²) in [7, 11) is 3.68. The minimum absolute atomic E-state index is 0.170. The topological polar surface area (TPSA) is 26.6 Å². The number of nitrogens with zero attached hydrogens (tertiary/aromatic N) is 2. The van der Waals surface area contributed by atoms with Crippen LogP contribution in [0.4, 0.5) is 4.39 Å². The van der Waals surface area contributed by atoms with Gasteiger partial charge in [0.05, 0.1) is 7.11 Å². The Labute approximate surface area is 146 Å². The molecule has 1 aliphatic rings. The highest BCUT2D eigenvalue weighted by Crippen LogP contribution is 2.29. The lowest BCUT2D eigenvalue weighted by Gasteiger charge is -2.39. The molecule has 1 saturated heterocycles. The number of ether oxygens (including phenoxy) is 2. The van der Waals surface area contributed by atoms with E-state index in [1.807, 2.05) is 37.4 Å². The summed E-state index contributed by atoms with van der Waals surface area (Å²) in [6.07, 6.45) is 0.170. The molecule has 0 spiro atoms. The second-order valence-corrected chi connectivity index (χ2v) is 6.48. The van der Waals surface area contributed by atoms with Crippen molar-refractivity contribution in [3.05, 3.63) is 60.0 Å². The molecule has 1 aliphatic heterocycles. The summed E-state index contributed by atoms with van der Waals surface area (Å²) in [4.78, 5) is 2.32. The summed E-state index contributed by atoms with van der Waals surface area (Å²) < 4.78 is 26.9. The predicted octanol–water partition coefficient (Wildman–Crippen LogP) is 3.59. The van der Waals surface area contributed by atoms with Crippen molar-refractivity contribution >= 4 is 10.9 Å². The largest absolute Gasteiger partial charge is 0.493 e. The van der Waals surface area contributed by atoms with Gasteiger partial charge in [-0.15, -0.1) is 0 Å². The Morgan fingerprint density at radius 3 is 2.60 bits per heavy atom. The van der Waals surface area contributed by atoms with Crippen molar-refractivity contribution in [3.8, 4) is 11.5 Å². The van der Waals surface area contributed by atoms with Crippen LogP contribution in [-0.2, 0) is 13.6 Å². The molecule has 4 nitrogen and oxygen atoms in total. The molecule has 5 heteroatoms. The standard InChI is InChI=1S/C20H21FN2O2/c1-22-16(10-14-9-15(21)7-8-18(14)22)11-23-12-17(13-23)25-20-6-4-3-5-19(20)24-2/h3-10,17H,11-13H2,1-2H3. The highest BCUT2D eigenvalue weighted by molar-refractivity contribution is 5.81. The zero-order valence-electron chi connectivity index (χ0n) is 14.4. The van der Waals surface area contributed by atoms with Crippen LogP contribution in [0.15, 0.2) is 48.5 Å². The Kier molecular flexibility index (Phi) is 4.09. The summed E-state index contributed by atoms with van der Waals surface area (Å²) in [5, 5.41) is 0.944. The van der Waals surface area contributed by atoms with Crippen molar-refractivity contribution in [2.75, 3.05) is 20.2 Å². The van der Waals surface area contributed by atoms with Crippen LogP contribution in [0.1, 0.15) is 5.69 Å². The normalized spacial score (nSPS) is 15.3. The second kappa shape index (κ2) is 6.41. The molecule has 4 rings (SSSR count). The summed E-state index contributed by atoms with van der Waals surface area (Å²) >= 11 is 0. The highest BCUT2D eigenvalue weighted by atomic mass is 19.1. The number of fused-ring (bicyclic) bond motifs is 1. The third kappa shape index (κ3) is 3.07. The Balaban J connectivity index is 1.39. The third-order valence-corrected chi connectivity index (χ3v) is 4.78. The molecule has 0 atom stereocenters. The van der Waals surface area contributed by atoms with Crippen LogP contribution in [0, 0.1) is 5.82 Å². The fraction of sp³-hybridized carbons (Fsp3) is 0.300. The van der Waals surface area contributed by atoms with Gasteiger partial charge in [0.1, 0.15) is 11.9 Å². The van der Waals surface area contributed by atoms with Crippen LogP contribution in [-0.4, -0.2) is 35.8 Å². The summed E-state index contributed by atoms with van der Waals surface area (Å²) in [5.41, 5.74) is 2.23. The molecule has 25 heavy (non-hydrogen) atoms. The first-order valence-corrected chi connectivity index (χ1v) is 8.40. The van der Waals surface area contributed by atoms with Gasteiger partial charge < -0.3 is 14.0 Å². The fourth-order valence-corrected chi connectivity index (χ4v) is 3.38. The Morgan fingerprint density at radius 1 is 1.08 bits per heavy atom. The van der Waals surface area contributed by atoms with Crippen molar-refractivity contribution < 1.29 is 13.9 Å². The number of aromatic nitrogens is 1. The van der Waals surface area contributed by atoms with Crippen LogP contribution < -0.4 is 9.47 Å². The molecule has 0 bridgehead atoms. The number of para-hydroxylation sites is 2. The van der Waals surface area contributed by atoms with Gasteiger partial charge in [-0.3, -0.25) is 4.90 Å². The molecule has 1 fully saturated rings. The molecule has 0 N–H and O–H groups in total. The summed E-state index contributed by atoms with van der Waals surface area (Å²) in [5.74, 6) is 1.35. The summed E-state index contributed by atoms with van der Waals surface area (Å²) in [6.45, 7) is 2.57. The first-order chi connectivity index (χ1) is 12.1. The van der Waals surface area contributed by atoms with E-state index in [9.17, 15) is 4.39 Å². The number of rotatable bonds is 5. The smallest absolute Gasteiger partial charge is 0.161 e.